The molecule has 0 aromatic heterocycles. The molecule has 0 radical (unpaired) electrons. The minimum atomic E-state index is -0.177. The van der Waals surface area contributed by atoms with E-state index in [1.165, 1.54) is 0 Å². The van der Waals surface area contributed by atoms with Crippen molar-refractivity contribution in [2.24, 2.45) is 0 Å². The molecule has 0 spiro atoms. The van der Waals surface area contributed by atoms with Gasteiger partial charge in [0.2, 0.25) is 0 Å². The number of esters is 1. The highest BCUT2D eigenvalue weighted by molar-refractivity contribution is 5.69. The number of ether oxygens (including phenoxy) is 1. The maximum atomic E-state index is 11.1. The van der Waals surface area contributed by atoms with Gasteiger partial charge in [-0.3, -0.25) is 4.79 Å². The zero-order valence-electron chi connectivity index (χ0n) is 10.8. The molecule has 0 saturated heterocycles. The van der Waals surface area contributed by atoms with Crippen LogP contribution in [0.4, 0.5) is 5.69 Å². The molecule has 1 aromatic carbocycles. The van der Waals surface area contributed by atoms with Crippen molar-refractivity contribution in [3.05, 3.63) is 29.3 Å². The summed E-state index contributed by atoms with van der Waals surface area (Å²) in [6.07, 6.45) is 1.09. The molecular formula is C14H18N2O2. The summed E-state index contributed by atoms with van der Waals surface area (Å²) in [5.74, 6) is -0.177. The zero-order valence-corrected chi connectivity index (χ0v) is 10.8. The minimum absolute atomic E-state index is 0.177. The molecule has 0 aliphatic heterocycles. The first kappa shape index (κ1) is 14.0. The van der Waals surface area contributed by atoms with Crippen molar-refractivity contribution < 1.29 is 9.53 Å². The Morgan fingerprint density at radius 1 is 1.50 bits per heavy atom. The van der Waals surface area contributed by atoms with E-state index in [1.54, 1.807) is 6.92 Å². The van der Waals surface area contributed by atoms with Gasteiger partial charge in [-0.15, -0.1) is 0 Å². The second-order valence-corrected chi connectivity index (χ2v) is 4.00. The molecule has 0 amide bonds. The molecule has 0 aliphatic carbocycles. The van der Waals surface area contributed by atoms with Crippen molar-refractivity contribution in [2.75, 3.05) is 18.5 Å². The average Bonchev–Trinajstić information content (AvgIpc) is 2.36. The van der Waals surface area contributed by atoms with E-state index in [1.807, 2.05) is 25.1 Å². The standard InChI is InChI=1S/C14H18N2O2/c1-3-18-14(17)5-4-8-16-13-7-6-11(2)9-12(13)10-15/h6-7,9,16H,3-5,8H2,1-2H3. The minimum Gasteiger partial charge on any atom is -0.466 e. The van der Waals surface area contributed by atoms with Crippen LogP contribution in [-0.2, 0) is 9.53 Å². The number of nitriles is 1. The predicted molar refractivity (Wildman–Crippen MR) is 70.3 cm³/mol. The summed E-state index contributed by atoms with van der Waals surface area (Å²) < 4.78 is 4.84. The number of anilines is 1. The lowest BCUT2D eigenvalue weighted by atomic mass is 10.1. The SMILES string of the molecule is CCOC(=O)CCCNc1ccc(C)cc1C#N. The Labute approximate surface area is 108 Å². The number of nitrogens with zero attached hydrogens (tertiary/aromatic N) is 1. The molecule has 4 heteroatoms. The normalized spacial score (nSPS) is 9.61. The molecule has 0 aliphatic rings. The van der Waals surface area contributed by atoms with Crippen molar-refractivity contribution in [1.29, 1.82) is 5.26 Å². The highest BCUT2D eigenvalue weighted by Gasteiger charge is 2.03. The van der Waals surface area contributed by atoms with Crippen LogP contribution >= 0.6 is 0 Å². The predicted octanol–water partition coefficient (Wildman–Crippen LogP) is 2.62. The number of carbonyl (C=O) groups is 1. The molecule has 0 fully saturated rings. The number of rotatable bonds is 6. The first-order valence-corrected chi connectivity index (χ1v) is 6.07. The van der Waals surface area contributed by atoms with Crippen molar-refractivity contribution in [1.82, 2.24) is 0 Å². The summed E-state index contributed by atoms with van der Waals surface area (Å²) in [7, 11) is 0. The monoisotopic (exact) mass is 246 g/mol. The molecule has 1 aromatic rings. The highest BCUT2D eigenvalue weighted by Crippen LogP contribution is 2.16. The van der Waals surface area contributed by atoms with Gasteiger partial charge >= 0.3 is 5.97 Å². The molecule has 0 heterocycles. The summed E-state index contributed by atoms with van der Waals surface area (Å²) in [6.45, 7) is 4.81. The Balaban J connectivity index is 2.40. The van der Waals surface area contributed by atoms with Crippen LogP contribution in [0.15, 0.2) is 18.2 Å². The van der Waals surface area contributed by atoms with Gasteiger partial charge in [-0.05, 0) is 38.0 Å². The molecule has 1 rings (SSSR count). The third-order valence-corrected chi connectivity index (χ3v) is 2.47. The van der Waals surface area contributed by atoms with Crippen LogP contribution in [0.1, 0.15) is 30.9 Å². The Morgan fingerprint density at radius 3 is 2.94 bits per heavy atom. The van der Waals surface area contributed by atoms with Gasteiger partial charge in [0.1, 0.15) is 6.07 Å². The lowest BCUT2D eigenvalue weighted by molar-refractivity contribution is -0.143. The lowest BCUT2D eigenvalue weighted by Gasteiger charge is -2.08. The van der Waals surface area contributed by atoms with Gasteiger partial charge in [0.15, 0.2) is 0 Å². The third-order valence-electron chi connectivity index (χ3n) is 2.47. The van der Waals surface area contributed by atoms with Crippen molar-refractivity contribution in [2.45, 2.75) is 26.7 Å². The summed E-state index contributed by atoms with van der Waals surface area (Å²) in [6, 6.07) is 7.83. The van der Waals surface area contributed by atoms with E-state index in [0.717, 1.165) is 11.3 Å². The van der Waals surface area contributed by atoms with E-state index in [9.17, 15) is 4.79 Å². The van der Waals surface area contributed by atoms with E-state index < -0.39 is 0 Å². The number of aryl methyl sites for hydroxylation is 1. The molecule has 0 bridgehead atoms. The average molecular weight is 246 g/mol. The fraction of sp³-hybridized carbons (Fsp3) is 0.429. The van der Waals surface area contributed by atoms with Crippen molar-refractivity contribution >= 4 is 11.7 Å². The quantitative estimate of drug-likeness (QED) is 0.619. The van der Waals surface area contributed by atoms with Gasteiger partial charge in [0.05, 0.1) is 17.9 Å². The highest BCUT2D eigenvalue weighted by atomic mass is 16.5. The molecule has 1 N–H and O–H groups in total. The Kier molecular flexibility index (Phi) is 5.72. The Hall–Kier alpha value is -2.02. The van der Waals surface area contributed by atoms with E-state index in [2.05, 4.69) is 11.4 Å². The second-order valence-electron chi connectivity index (χ2n) is 4.00. The number of nitrogens with one attached hydrogen (secondary N) is 1. The van der Waals surface area contributed by atoms with Crippen LogP contribution in [0.5, 0.6) is 0 Å². The van der Waals surface area contributed by atoms with Gasteiger partial charge < -0.3 is 10.1 Å². The molecule has 0 atom stereocenters. The molecule has 4 nitrogen and oxygen atoms in total. The zero-order chi connectivity index (χ0) is 13.4. The number of hydrogen-bond acceptors (Lipinski definition) is 4. The number of hydrogen-bond donors (Lipinski definition) is 1. The lowest BCUT2D eigenvalue weighted by Crippen LogP contribution is -2.08. The molecule has 18 heavy (non-hydrogen) atoms. The van der Waals surface area contributed by atoms with Gasteiger partial charge in [-0.25, -0.2) is 0 Å². The van der Waals surface area contributed by atoms with Gasteiger partial charge in [0, 0.05) is 13.0 Å². The summed E-state index contributed by atoms with van der Waals surface area (Å²) in [5, 5.41) is 12.2. The molecule has 96 valence electrons. The van der Waals surface area contributed by atoms with Crippen molar-refractivity contribution in [3.63, 3.8) is 0 Å². The van der Waals surface area contributed by atoms with Crippen LogP contribution in [0.3, 0.4) is 0 Å². The van der Waals surface area contributed by atoms with Gasteiger partial charge in [0.25, 0.3) is 0 Å². The van der Waals surface area contributed by atoms with Crippen LogP contribution in [0.2, 0.25) is 0 Å². The maximum Gasteiger partial charge on any atom is 0.305 e. The van der Waals surface area contributed by atoms with E-state index >= 15 is 0 Å². The Bertz CT molecular complexity index is 450. The molecular weight excluding hydrogens is 228 g/mol. The van der Waals surface area contributed by atoms with Crippen LogP contribution in [0.25, 0.3) is 0 Å². The topological polar surface area (TPSA) is 62.1 Å². The third kappa shape index (κ3) is 4.46. The van der Waals surface area contributed by atoms with Crippen LogP contribution in [0, 0.1) is 18.3 Å². The summed E-state index contributed by atoms with van der Waals surface area (Å²) in [5.41, 5.74) is 2.50. The second kappa shape index (κ2) is 7.33. The first-order chi connectivity index (χ1) is 8.67. The van der Waals surface area contributed by atoms with Crippen molar-refractivity contribution in [3.8, 4) is 6.07 Å². The Morgan fingerprint density at radius 2 is 2.28 bits per heavy atom. The van der Waals surface area contributed by atoms with Gasteiger partial charge in [-0.1, -0.05) is 6.07 Å². The van der Waals surface area contributed by atoms with E-state index in [4.69, 9.17) is 10.00 Å². The molecule has 0 saturated carbocycles. The number of benzene rings is 1. The summed E-state index contributed by atoms with van der Waals surface area (Å²) >= 11 is 0. The largest absolute Gasteiger partial charge is 0.466 e. The van der Waals surface area contributed by atoms with Gasteiger partial charge in [-0.2, -0.15) is 5.26 Å². The fourth-order valence-electron chi connectivity index (χ4n) is 1.59. The smallest absolute Gasteiger partial charge is 0.305 e. The van der Waals surface area contributed by atoms with Crippen LogP contribution in [-0.4, -0.2) is 19.1 Å². The molecule has 0 unspecified atom stereocenters. The first-order valence-electron chi connectivity index (χ1n) is 6.07. The fourth-order valence-corrected chi connectivity index (χ4v) is 1.59. The number of carbonyl (C=O) groups excluding carboxylic acids is 1. The summed E-state index contributed by atoms with van der Waals surface area (Å²) in [4.78, 5) is 11.1. The maximum absolute atomic E-state index is 11.1. The van der Waals surface area contributed by atoms with Crippen LogP contribution < -0.4 is 5.32 Å². The van der Waals surface area contributed by atoms with E-state index in [0.29, 0.717) is 31.6 Å². The van der Waals surface area contributed by atoms with E-state index in [-0.39, 0.29) is 5.97 Å².